The van der Waals surface area contributed by atoms with Gasteiger partial charge in [0, 0.05) is 37.4 Å². The predicted octanol–water partition coefficient (Wildman–Crippen LogP) is 2.11. The second kappa shape index (κ2) is 8.50. The first-order valence-corrected chi connectivity index (χ1v) is 12.7. The molecule has 1 aliphatic heterocycles. The third kappa shape index (κ3) is 4.55. The molecule has 0 spiro atoms. The number of nitrogens with two attached hydrogens (primary N) is 1. The van der Waals surface area contributed by atoms with Crippen molar-refractivity contribution in [1.29, 1.82) is 0 Å². The fraction of sp³-hybridized carbons (Fsp3) is 0.250. The molecule has 3 aromatic heterocycles. The van der Waals surface area contributed by atoms with Crippen LogP contribution in [0.15, 0.2) is 41.6 Å². The van der Waals surface area contributed by atoms with E-state index in [1.54, 1.807) is 36.7 Å². The van der Waals surface area contributed by atoms with Gasteiger partial charge < -0.3 is 20.7 Å². The molecule has 0 bridgehead atoms. The topological polar surface area (TPSA) is 149 Å². The lowest BCUT2D eigenvalue weighted by atomic mass is 10.3. The minimum atomic E-state index is -3.26. The summed E-state index contributed by atoms with van der Waals surface area (Å²) in [5, 5.41) is 3.85. The largest absolute Gasteiger partial charge is 0.378 e. The minimum Gasteiger partial charge on any atom is -0.378 e. The average molecular weight is 485 g/mol. The molecule has 0 radical (unpaired) electrons. The van der Waals surface area contributed by atoms with Crippen molar-refractivity contribution in [2.24, 2.45) is 0 Å². The van der Waals surface area contributed by atoms with Gasteiger partial charge in [-0.2, -0.15) is 0 Å². The number of benzene rings is 1. The molecule has 0 atom stereocenters. The summed E-state index contributed by atoms with van der Waals surface area (Å²) in [6, 6.07) is 6.52. The molecule has 0 unspecified atom stereocenters. The van der Waals surface area contributed by atoms with Gasteiger partial charge in [0.15, 0.2) is 31.4 Å². The zero-order valence-electron chi connectivity index (χ0n) is 17.6. The first-order valence-electron chi connectivity index (χ1n) is 10.0. The van der Waals surface area contributed by atoms with Crippen LogP contribution in [0.3, 0.4) is 0 Å². The van der Waals surface area contributed by atoms with Gasteiger partial charge in [0.1, 0.15) is 5.52 Å². The fourth-order valence-electron chi connectivity index (χ4n) is 3.35. The molecule has 0 amide bonds. The number of ether oxygens (including phenoxy) is 1. The molecule has 4 heterocycles. The Labute approximate surface area is 193 Å². The summed E-state index contributed by atoms with van der Waals surface area (Å²) in [5.41, 5.74) is 7.66. The first-order chi connectivity index (χ1) is 15.9. The molecular weight excluding hydrogens is 464 g/mol. The Morgan fingerprint density at radius 2 is 1.76 bits per heavy atom. The zero-order chi connectivity index (χ0) is 23.0. The lowest BCUT2D eigenvalue weighted by Crippen LogP contribution is -2.37. The molecule has 11 nitrogen and oxygen atoms in total. The van der Waals surface area contributed by atoms with Crippen LogP contribution in [0.2, 0.25) is 0 Å². The fourth-order valence-corrected chi connectivity index (χ4v) is 4.83. The number of anilines is 4. The van der Waals surface area contributed by atoms with Gasteiger partial charge in [-0.25, -0.2) is 33.3 Å². The number of sulfone groups is 1. The molecule has 5 rings (SSSR count). The molecule has 1 aliphatic rings. The Kier molecular flexibility index (Phi) is 5.52. The van der Waals surface area contributed by atoms with Gasteiger partial charge in [-0.3, -0.25) is 0 Å². The number of nitrogen functional groups attached to an aromatic ring is 1. The first kappa shape index (κ1) is 21.4. The molecule has 1 saturated heterocycles. The Bertz CT molecular complexity index is 1400. The second-order valence-corrected chi connectivity index (χ2v) is 10.4. The Balaban J connectivity index is 1.54. The highest BCUT2D eigenvalue weighted by Crippen LogP contribution is 2.34. The van der Waals surface area contributed by atoms with Gasteiger partial charge in [-0.1, -0.05) is 11.3 Å². The lowest BCUT2D eigenvalue weighted by Gasteiger charge is -2.28. The van der Waals surface area contributed by atoms with Gasteiger partial charge >= 0.3 is 0 Å². The van der Waals surface area contributed by atoms with Crippen LogP contribution in [-0.2, 0) is 14.6 Å². The molecule has 4 aromatic rings. The molecule has 170 valence electrons. The normalized spacial score (nSPS) is 14.5. The monoisotopic (exact) mass is 484 g/mol. The van der Waals surface area contributed by atoms with Crippen molar-refractivity contribution in [1.82, 2.24) is 24.9 Å². The molecule has 0 saturated carbocycles. The van der Waals surface area contributed by atoms with E-state index in [1.807, 2.05) is 0 Å². The van der Waals surface area contributed by atoms with Crippen LogP contribution in [0.4, 0.5) is 22.6 Å². The van der Waals surface area contributed by atoms with E-state index in [4.69, 9.17) is 20.4 Å². The molecular formula is C20H20N8O3S2. The average Bonchev–Trinajstić information content (AvgIpc) is 3.21. The Morgan fingerprint density at radius 1 is 1.06 bits per heavy atom. The summed E-state index contributed by atoms with van der Waals surface area (Å²) in [7, 11) is -3.26. The quantitative estimate of drug-likeness (QED) is 0.429. The van der Waals surface area contributed by atoms with Crippen LogP contribution in [0.1, 0.15) is 0 Å². The molecule has 1 aromatic carbocycles. The zero-order valence-corrected chi connectivity index (χ0v) is 19.2. The van der Waals surface area contributed by atoms with E-state index in [0.717, 1.165) is 5.69 Å². The van der Waals surface area contributed by atoms with E-state index >= 15 is 0 Å². The summed E-state index contributed by atoms with van der Waals surface area (Å²) in [4.78, 5) is 25.4. The van der Waals surface area contributed by atoms with E-state index in [9.17, 15) is 8.42 Å². The highest BCUT2D eigenvalue weighted by molar-refractivity contribution is 7.90. The number of thiazole rings is 1. The van der Waals surface area contributed by atoms with Crippen molar-refractivity contribution < 1.29 is 13.2 Å². The van der Waals surface area contributed by atoms with Crippen LogP contribution in [-0.4, -0.2) is 65.9 Å². The van der Waals surface area contributed by atoms with Crippen molar-refractivity contribution in [2.75, 3.05) is 48.5 Å². The predicted molar refractivity (Wildman–Crippen MR) is 127 cm³/mol. The summed E-state index contributed by atoms with van der Waals surface area (Å²) < 4.78 is 28.9. The maximum atomic E-state index is 11.7. The number of nitrogens with one attached hydrogen (secondary N) is 1. The molecule has 33 heavy (non-hydrogen) atoms. The van der Waals surface area contributed by atoms with E-state index < -0.39 is 9.84 Å². The maximum Gasteiger partial charge on any atom is 0.219 e. The molecule has 1 fully saturated rings. The van der Waals surface area contributed by atoms with Crippen molar-refractivity contribution in [3.8, 4) is 11.4 Å². The molecule has 3 N–H and O–H groups in total. The van der Waals surface area contributed by atoms with Gasteiger partial charge in [0.05, 0.1) is 23.7 Å². The maximum absolute atomic E-state index is 11.7. The van der Waals surface area contributed by atoms with Gasteiger partial charge in [-0.15, -0.1) is 0 Å². The van der Waals surface area contributed by atoms with E-state index in [2.05, 4.69) is 25.2 Å². The van der Waals surface area contributed by atoms with Crippen molar-refractivity contribution in [3.63, 3.8) is 0 Å². The lowest BCUT2D eigenvalue weighted by molar-refractivity contribution is 0.122. The van der Waals surface area contributed by atoms with E-state index in [0.29, 0.717) is 59.0 Å². The Morgan fingerprint density at radius 3 is 2.42 bits per heavy atom. The SMILES string of the molecule is CS(=O)(=O)c1ccc(Nc2nc3c(N4CCOCC4)nc(-c4cnc(N)nc4)nc3s2)cc1. The van der Waals surface area contributed by atoms with Crippen LogP contribution >= 0.6 is 11.3 Å². The summed E-state index contributed by atoms with van der Waals surface area (Å²) in [5.74, 6) is 1.38. The number of nitrogens with zero attached hydrogens (tertiary/aromatic N) is 6. The standard InChI is InChI=1S/C20H20N8O3S2/c1-33(29,30)14-4-2-13(3-5-14)24-20-25-15-17(28-6-8-31-9-7-28)26-16(27-18(15)32-20)12-10-22-19(21)23-11-12/h2-5,10-11H,6-9H2,1H3,(H,24,25)(H2,21,22,23). The highest BCUT2D eigenvalue weighted by atomic mass is 32.2. The number of aromatic nitrogens is 5. The van der Waals surface area contributed by atoms with E-state index in [1.165, 1.54) is 17.6 Å². The smallest absolute Gasteiger partial charge is 0.219 e. The van der Waals surface area contributed by atoms with Gasteiger partial charge in [0.2, 0.25) is 5.95 Å². The van der Waals surface area contributed by atoms with Crippen LogP contribution in [0.5, 0.6) is 0 Å². The molecule has 13 heteroatoms. The van der Waals surface area contributed by atoms with Crippen molar-refractivity contribution in [3.05, 3.63) is 36.7 Å². The van der Waals surface area contributed by atoms with Crippen molar-refractivity contribution >= 4 is 54.1 Å². The minimum absolute atomic E-state index is 0.180. The van der Waals surface area contributed by atoms with Crippen LogP contribution in [0, 0.1) is 0 Å². The number of hydrogen-bond donors (Lipinski definition) is 2. The number of rotatable bonds is 5. The molecule has 0 aliphatic carbocycles. The van der Waals surface area contributed by atoms with Crippen molar-refractivity contribution in [2.45, 2.75) is 4.90 Å². The van der Waals surface area contributed by atoms with E-state index in [-0.39, 0.29) is 10.8 Å². The van der Waals surface area contributed by atoms with Crippen LogP contribution < -0.4 is 16.0 Å². The summed E-state index contributed by atoms with van der Waals surface area (Å²) in [6.45, 7) is 2.59. The number of morpholine rings is 1. The third-order valence-electron chi connectivity index (χ3n) is 5.01. The highest BCUT2D eigenvalue weighted by Gasteiger charge is 2.21. The summed E-state index contributed by atoms with van der Waals surface area (Å²) in [6.07, 6.45) is 4.37. The van der Waals surface area contributed by atoms with Gasteiger partial charge in [0.25, 0.3) is 0 Å². The summed E-state index contributed by atoms with van der Waals surface area (Å²) >= 11 is 1.38. The Hall–Kier alpha value is -3.42. The van der Waals surface area contributed by atoms with Gasteiger partial charge in [-0.05, 0) is 24.3 Å². The van der Waals surface area contributed by atoms with Crippen LogP contribution in [0.25, 0.3) is 21.7 Å². The second-order valence-electron chi connectivity index (χ2n) is 7.39. The third-order valence-corrected chi connectivity index (χ3v) is 7.01. The number of hydrogen-bond acceptors (Lipinski definition) is 12. The number of fused-ring (bicyclic) bond motifs is 1.